The van der Waals surface area contributed by atoms with E-state index < -0.39 is 0 Å². The van der Waals surface area contributed by atoms with E-state index in [1.165, 1.54) is 0 Å². The average Bonchev–Trinajstić information content (AvgIpc) is 3.09. The van der Waals surface area contributed by atoms with Gasteiger partial charge < -0.3 is 20.8 Å². The van der Waals surface area contributed by atoms with Gasteiger partial charge in [-0.2, -0.15) is 0 Å². The molecule has 0 atom stereocenters. The van der Waals surface area contributed by atoms with Gasteiger partial charge in [-0.25, -0.2) is 9.97 Å². The van der Waals surface area contributed by atoms with Crippen LogP contribution in [0.3, 0.4) is 0 Å². The van der Waals surface area contributed by atoms with Gasteiger partial charge in [-0.1, -0.05) is 0 Å². The summed E-state index contributed by atoms with van der Waals surface area (Å²) in [7, 11) is 0. The maximum Gasteiger partial charge on any atom is 0.220 e. The number of nitrogens with zero attached hydrogens (tertiary/aromatic N) is 3. The lowest BCUT2D eigenvalue weighted by Gasteiger charge is -2.08. The van der Waals surface area contributed by atoms with Crippen molar-refractivity contribution < 1.29 is 4.79 Å². The summed E-state index contributed by atoms with van der Waals surface area (Å²) in [5, 5.41) is 6.15. The SMILES string of the molecule is Nc1cn2ccnc2c(NCCCC(=O)NC2CC2)n1. The summed E-state index contributed by atoms with van der Waals surface area (Å²) >= 11 is 0. The predicted molar refractivity (Wildman–Crippen MR) is 76.3 cm³/mol. The van der Waals surface area contributed by atoms with Gasteiger partial charge in [-0.15, -0.1) is 0 Å². The summed E-state index contributed by atoms with van der Waals surface area (Å²) in [6.07, 6.45) is 8.76. The van der Waals surface area contributed by atoms with Crippen molar-refractivity contribution >= 4 is 23.2 Å². The first kappa shape index (κ1) is 12.7. The Morgan fingerprint density at radius 1 is 1.50 bits per heavy atom. The van der Waals surface area contributed by atoms with E-state index >= 15 is 0 Å². The molecule has 2 aromatic rings. The normalized spacial score (nSPS) is 14.4. The van der Waals surface area contributed by atoms with Crippen LogP contribution in [0.1, 0.15) is 25.7 Å². The number of nitrogens with two attached hydrogens (primary N) is 1. The van der Waals surface area contributed by atoms with Crippen LogP contribution in [0, 0.1) is 0 Å². The molecular formula is C13H18N6O. The van der Waals surface area contributed by atoms with Crippen molar-refractivity contribution in [3.63, 3.8) is 0 Å². The molecule has 1 aliphatic carbocycles. The number of carbonyl (C=O) groups is 1. The summed E-state index contributed by atoms with van der Waals surface area (Å²) in [5.41, 5.74) is 6.47. The van der Waals surface area contributed by atoms with Crippen molar-refractivity contribution in [2.45, 2.75) is 31.7 Å². The number of imidazole rings is 1. The molecule has 0 spiro atoms. The highest BCUT2D eigenvalue weighted by molar-refractivity contribution is 5.76. The molecule has 3 rings (SSSR count). The van der Waals surface area contributed by atoms with Crippen LogP contribution >= 0.6 is 0 Å². The van der Waals surface area contributed by atoms with Gasteiger partial charge in [0.15, 0.2) is 11.5 Å². The van der Waals surface area contributed by atoms with Crippen LogP contribution in [-0.2, 0) is 4.79 Å². The molecule has 20 heavy (non-hydrogen) atoms. The second-order valence-corrected chi connectivity index (χ2v) is 5.04. The molecule has 4 N–H and O–H groups in total. The predicted octanol–water partition coefficient (Wildman–Crippen LogP) is 0.782. The van der Waals surface area contributed by atoms with Crippen LogP contribution in [0.2, 0.25) is 0 Å². The third kappa shape index (κ3) is 2.98. The highest BCUT2D eigenvalue weighted by atomic mass is 16.1. The maximum atomic E-state index is 11.5. The minimum atomic E-state index is 0.126. The minimum absolute atomic E-state index is 0.126. The number of hydrogen-bond donors (Lipinski definition) is 3. The number of amides is 1. The Labute approximate surface area is 116 Å². The molecule has 106 valence electrons. The van der Waals surface area contributed by atoms with Crippen LogP contribution in [0.5, 0.6) is 0 Å². The Morgan fingerprint density at radius 2 is 2.35 bits per heavy atom. The maximum absolute atomic E-state index is 11.5. The molecule has 2 heterocycles. The van der Waals surface area contributed by atoms with Gasteiger partial charge in [0.2, 0.25) is 5.91 Å². The molecule has 0 bridgehead atoms. The van der Waals surface area contributed by atoms with Crippen molar-refractivity contribution in [3.8, 4) is 0 Å². The number of aromatic nitrogens is 3. The zero-order chi connectivity index (χ0) is 13.9. The summed E-state index contributed by atoms with van der Waals surface area (Å²) < 4.78 is 1.82. The number of anilines is 2. The molecule has 0 aromatic carbocycles. The molecule has 7 nitrogen and oxygen atoms in total. The lowest BCUT2D eigenvalue weighted by Crippen LogP contribution is -2.25. The molecule has 1 saturated carbocycles. The van der Waals surface area contributed by atoms with Crippen LogP contribution < -0.4 is 16.4 Å². The Kier molecular flexibility index (Phi) is 3.41. The van der Waals surface area contributed by atoms with Gasteiger partial charge >= 0.3 is 0 Å². The van der Waals surface area contributed by atoms with E-state index in [0.29, 0.717) is 30.6 Å². The Hall–Kier alpha value is -2.31. The monoisotopic (exact) mass is 274 g/mol. The minimum Gasteiger partial charge on any atom is -0.382 e. The van der Waals surface area contributed by atoms with E-state index in [1.807, 2.05) is 10.6 Å². The largest absolute Gasteiger partial charge is 0.382 e. The van der Waals surface area contributed by atoms with Crippen molar-refractivity contribution in [3.05, 3.63) is 18.6 Å². The summed E-state index contributed by atoms with van der Waals surface area (Å²) in [6, 6.07) is 0.426. The first-order chi connectivity index (χ1) is 9.72. The molecule has 0 unspecified atom stereocenters. The Morgan fingerprint density at radius 3 is 3.15 bits per heavy atom. The van der Waals surface area contributed by atoms with E-state index in [1.54, 1.807) is 12.4 Å². The topological polar surface area (TPSA) is 97.3 Å². The second kappa shape index (κ2) is 5.36. The summed E-state index contributed by atoms with van der Waals surface area (Å²) in [5.74, 6) is 1.21. The zero-order valence-corrected chi connectivity index (χ0v) is 11.2. The third-order valence-electron chi connectivity index (χ3n) is 3.21. The molecule has 1 fully saturated rings. The van der Waals surface area contributed by atoms with Crippen molar-refractivity contribution in [2.24, 2.45) is 0 Å². The molecule has 0 aliphatic heterocycles. The fourth-order valence-electron chi connectivity index (χ4n) is 2.05. The Balaban J connectivity index is 1.51. The fraction of sp³-hybridized carbons (Fsp3) is 0.462. The van der Waals surface area contributed by atoms with Gasteiger partial charge in [0.1, 0.15) is 5.82 Å². The number of fused-ring (bicyclic) bond motifs is 1. The highest BCUT2D eigenvalue weighted by Crippen LogP contribution is 2.18. The molecule has 0 saturated heterocycles. The van der Waals surface area contributed by atoms with Crippen molar-refractivity contribution in [1.82, 2.24) is 19.7 Å². The van der Waals surface area contributed by atoms with Crippen molar-refractivity contribution in [1.29, 1.82) is 0 Å². The lowest BCUT2D eigenvalue weighted by molar-refractivity contribution is -0.121. The molecule has 0 radical (unpaired) electrons. The van der Waals surface area contributed by atoms with Crippen LogP contribution in [0.25, 0.3) is 5.65 Å². The second-order valence-electron chi connectivity index (χ2n) is 5.04. The van der Waals surface area contributed by atoms with Crippen LogP contribution in [-0.4, -0.2) is 32.9 Å². The summed E-state index contributed by atoms with van der Waals surface area (Å²) in [4.78, 5) is 20.0. The van der Waals surface area contributed by atoms with E-state index in [2.05, 4.69) is 20.6 Å². The van der Waals surface area contributed by atoms with Crippen molar-refractivity contribution in [2.75, 3.05) is 17.6 Å². The van der Waals surface area contributed by atoms with Gasteiger partial charge in [0.25, 0.3) is 0 Å². The van der Waals surface area contributed by atoms with E-state index in [4.69, 9.17) is 5.73 Å². The van der Waals surface area contributed by atoms with Gasteiger partial charge in [0.05, 0.1) is 6.20 Å². The first-order valence-corrected chi connectivity index (χ1v) is 6.85. The molecular weight excluding hydrogens is 256 g/mol. The van der Waals surface area contributed by atoms with Gasteiger partial charge in [0, 0.05) is 31.4 Å². The number of nitrogen functional groups attached to an aromatic ring is 1. The number of hydrogen-bond acceptors (Lipinski definition) is 5. The molecule has 7 heteroatoms. The quantitative estimate of drug-likeness (QED) is 0.676. The summed E-state index contributed by atoms with van der Waals surface area (Å²) in [6.45, 7) is 0.664. The molecule has 1 aliphatic rings. The van der Waals surface area contributed by atoms with E-state index in [9.17, 15) is 4.79 Å². The van der Waals surface area contributed by atoms with Gasteiger partial charge in [-0.05, 0) is 19.3 Å². The number of rotatable bonds is 6. The third-order valence-corrected chi connectivity index (χ3v) is 3.21. The number of nitrogens with one attached hydrogen (secondary N) is 2. The van der Waals surface area contributed by atoms with Gasteiger partial charge in [-0.3, -0.25) is 4.79 Å². The smallest absolute Gasteiger partial charge is 0.220 e. The zero-order valence-electron chi connectivity index (χ0n) is 11.2. The molecule has 1 amide bonds. The van der Waals surface area contributed by atoms with E-state index in [0.717, 1.165) is 24.9 Å². The van der Waals surface area contributed by atoms with E-state index in [-0.39, 0.29) is 5.91 Å². The lowest BCUT2D eigenvalue weighted by atomic mass is 10.3. The Bertz CT molecular complexity index is 618. The van der Waals surface area contributed by atoms with Crippen LogP contribution in [0.15, 0.2) is 18.6 Å². The van der Waals surface area contributed by atoms with Crippen LogP contribution in [0.4, 0.5) is 11.6 Å². The fourth-order valence-corrected chi connectivity index (χ4v) is 2.05. The molecule has 2 aromatic heterocycles. The number of carbonyl (C=O) groups excluding carboxylic acids is 1. The highest BCUT2D eigenvalue weighted by Gasteiger charge is 2.22. The standard InChI is InChI=1S/C13H18N6O/c14-10-8-19-7-6-16-13(19)12(18-10)15-5-1-2-11(20)17-9-3-4-9/h6-9H,1-5,14H2,(H,15,18)(H,17,20). The first-order valence-electron chi connectivity index (χ1n) is 6.85. The average molecular weight is 274 g/mol.